The largest absolute Gasteiger partial charge is 0.366 e. The molecule has 1 aromatic carbocycles. The summed E-state index contributed by atoms with van der Waals surface area (Å²) < 4.78 is 2.71. The predicted octanol–water partition coefficient (Wildman–Crippen LogP) is 3.45. The van der Waals surface area contributed by atoms with Gasteiger partial charge in [-0.2, -0.15) is 5.10 Å². The minimum Gasteiger partial charge on any atom is -0.366 e. The molecule has 0 aliphatic rings. The molecule has 0 saturated heterocycles. The van der Waals surface area contributed by atoms with Crippen molar-refractivity contribution in [3.63, 3.8) is 0 Å². The monoisotopic (exact) mass is 299 g/mol. The second kappa shape index (κ2) is 4.89. The lowest BCUT2D eigenvalue weighted by atomic mass is 10.2. The first kappa shape index (κ1) is 11.5. The Hall–Kier alpha value is -1.000. The van der Waals surface area contributed by atoms with Crippen LogP contribution in [0.25, 0.3) is 0 Å². The van der Waals surface area contributed by atoms with Crippen LogP contribution >= 0.6 is 27.5 Å². The van der Waals surface area contributed by atoms with Crippen LogP contribution in [-0.4, -0.2) is 9.78 Å². The Balaban J connectivity index is 2.05. The zero-order valence-electron chi connectivity index (χ0n) is 8.74. The Morgan fingerprint density at radius 2 is 2.25 bits per heavy atom. The number of rotatable bonds is 3. The van der Waals surface area contributed by atoms with Gasteiger partial charge in [-0.05, 0) is 33.6 Å². The van der Waals surface area contributed by atoms with Gasteiger partial charge in [0.2, 0.25) is 0 Å². The van der Waals surface area contributed by atoms with Gasteiger partial charge in [-0.15, -0.1) is 0 Å². The highest BCUT2D eigenvalue weighted by atomic mass is 79.9. The molecule has 0 radical (unpaired) electrons. The maximum Gasteiger partial charge on any atom is 0.124 e. The molecule has 0 fully saturated rings. The van der Waals surface area contributed by atoms with Crippen molar-refractivity contribution in [1.29, 1.82) is 0 Å². The highest BCUT2D eigenvalue weighted by Crippen LogP contribution is 2.23. The highest BCUT2D eigenvalue weighted by molar-refractivity contribution is 9.10. The number of hydrogen-bond donors (Lipinski definition) is 1. The Bertz CT molecular complexity index is 496. The van der Waals surface area contributed by atoms with E-state index in [2.05, 4.69) is 26.3 Å². The quantitative estimate of drug-likeness (QED) is 0.941. The summed E-state index contributed by atoms with van der Waals surface area (Å²) in [6, 6.07) is 7.82. The molecule has 0 saturated carbocycles. The van der Waals surface area contributed by atoms with Crippen LogP contribution in [0.1, 0.15) is 5.56 Å². The fraction of sp³-hybridized carbons (Fsp3) is 0.182. The van der Waals surface area contributed by atoms with E-state index in [-0.39, 0.29) is 0 Å². The molecular weight excluding hydrogens is 289 g/mol. The lowest BCUT2D eigenvalue weighted by Crippen LogP contribution is -2.04. The second-order valence-electron chi connectivity index (χ2n) is 3.44. The number of halogens is 2. The SMILES string of the molecule is Cn1nccc1NCc1ccc(Cl)c(Br)c1. The molecule has 0 bridgehead atoms. The predicted molar refractivity (Wildman–Crippen MR) is 69.7 cm³/mol. The van der Waals surface area contributed by atoms with Crippen LogP contribution in [0.15, 0.2) is 34.9 Å². The number of anilines is 1. The van der Waals surface area contributed by atoms with E-state index in [4.69, 9.17) is 11.6 Å². The zero-order chi connectivity index (χ0) is 11.5. The van der Waals surface area contributed by atoms with E-state index >= 15 is 0 Å². The topological polar surface area (TPSA) is 29.9 Å². The molecule has 0 aliphatic heterocycles. The summed E-state index contributed by atoms with van der Waals surface area (Å²) in [7, 11) is 1.90. The molecule has 3 nitrogen and oxygen atoms in total. The van der Waals surface area contributed by atoms with Crippen molar-refractivity contribution in [1.82, 2.24) is 9.78 Å². The third-order valence-electron chi connectivity index (χ3n) is 2.28. The van der Waals surface area contributed by atoms with Crippen molar-refractivity contribution >= 4 is 33.3 Å². The van der Waals surface area contributed by atoms with Gasteiger partial charge in [0.15, 0.2) is 0 Å². The maximum atomic E-state index is 5.92. The molecule has 1 aromatic heterocycles. The Morgan fingerprint density at radius 1 is 1.44 bits per heavy atom. The first-order valence-electron chi connectivity index (χ1n) is 4.82. The average molecular weight is 301 g/mol. The van der Waals surface area contributed by atoms with E-state index in [1.54, 1.807) is 10.9 Å². The van der Waals surface area contributed by atoms with Crippen LogP contribution in [0.2, 0.25) is 5.02 Å². The van der Waals surface area contributed by atoms with Crippen LogP contribution in [0, 0.1) is 0 Å². The second-order valence-corrected chi connectivity index (χ2v) is 4.70. The van der Waals surface area contributed by atoms with Gasteiger partial charge in [0.05, 0.1) is 11.2 Å². The van der Waals surface area contributed by atoms with Crippen molar-refractivity contribution in [2.24, 2.45) is 7.05 Å². The molecule has 0 spiro atoms. The smallest absolute Gasteiger partial charge is 0.124 e. The average Bonchev–Trinajstić information content (AvgIpc) is 2.66. The van der Waals surface area contributed by atoms with E-state index in [0.29, 0.717) is 0 Å². The number of hydrogen-bond acceptors (Lipinski definition) is 2. The van der Waals surface area contributed by atoms with E-state index in [1.165, 1.54) is 0 Å². The van der Waals surface area contributed by atoms with E-state index in [9.17, 15) is 0 Å². The molecule has 84 valence electrons. The van der Waals surface area contributed by atoms with Crippen LogP contribution in [0.3, 0.4) is 0 Å². The Labute approximate surface area is 108 Å². The van der Waals surface area contributed by atoms with Crippen molar-refractivity contribution in [2.75, 3.05) is 5.32 Å². The van der Waals surface area contributed by atoms with Crippen molar-refractivity contribution in [3.05, 3.63) is 45.5 Å². The Kier molecular flexibility index (Phi) is 3.51. The number of nitrogens with zero attached hydrogens (tertiary/aromatic N) is 2. The molecule has 2 aromatic rings. The van der Waals surface area contributed by atoms with Gasteiger partial charge in [-0.1, -0.05) is 17.7 Å². The van der Waals surface area contributed by atoms with Crippen LogP contribution in [0.5, 0.6) is 0 Å². The minimum absolute atomic E-state index is 0.726. The van der Waals surface area contributed by atoms with Crippen molar-refractivity contribution < 1.29 is 0 Å². The van der Waals surface area contributed by atoms with Crippen molar-refractivity contribution in [2.45, 2.75) is 6.54 Å². The minimum atomic E-state index is 0.726. The van der Waals surface area contributed by atoms with Gasteiger partial charge in [0, 0.05) is 24.1 Å². The van der Waals surface area contributed by atoms with Gasteiger partial charge < -0.3 is 5.32 Å². The van der Waals surface area contributed by atoms with E-state index in [1.807, 2.05) is 31.3 Å². The van der Waals surface area contributed by atoms with Crippen LogP contribution in [-0.2, 0) is 13.6 Å². The molecule has 5 heteroatoms. The van der Waals surface area contributed by atoms with Crippen molar-refractivity contribution in [3.8, 4) is 0 Å². The number of nitrogens with one attached hydrogen (secondary N) is 1. The molecule has 0 aliphatic carbocycles. The van der Waals surface area contributed by atoms with Gasteiger partial charge in [0.25, 0.3) is 0 Å². The number of benzene rings is 1. The lowest BCUT2D eigenvalue weighted by Gasteiger charge is -2.07. The summed E-state index contributed by atoms with van der Waals surface area (Å²) in [6.45, 7) is 0.745. The molecule has 1 N–H and O–H groups in total. The van der Waals surface area contributed by atoms with Crippen LogP contribution in [0.4, 0.5) is 5.82 Å². The third kappa shape index (κ3) is 2.57. The van der Waals surface area contributed by atoms with E-state index < -0.39 is 0 Å². The molecule has 1 heterocycles. The van der Waals surface area contributed by atoms with E-state index in [0.717, 1.165) is 27.4 Å². The zero-order valence-corrected chi connectivity index (χ0v) is 11.1. The van der Waals surface area contributed by atoms with Gasteiger partial charge in [0.1, 0.15) is 5.82 Å². The number of aryl methyl sites for hydroxylation is 1. The van der Waals surface area contributed by atoms with Gasteiger partial charge in [-0.25, -0.2) is 0 Å². The first-order chi connectivity index (χ1) is 7.66. The fourth-order valence-electron chi connectivity index (χ4n) is 1.39. The third-order valence-corrected chi connectivity index (χ3v) is 3.49. The normalized spacial score (nSPS) is 10.4. The fourth-order valence-corrected chi connectivity index (χ4v) is 1.93. The summed E-state index contributed by atoms with van der Waals surface area (Å²) in [5.74, 6) is 0.992. The molecule has 0 atom stereocenters. The summed E-state index contributed by atoms with van der Waals surface area (Å²) >= 11 is 9.33. The molecule has 16 heavy (non-hydrogen) atoms. The highest BCUT2D eigenvalue weighted by Gasteiger charge is 2.00. The molecule has 0 unspecified atom stereocenters. The Morgan fingerprint density at radius 3 is 2.88 bits per heavy atom. The first-order valence-corrected chi connectivity index (χ1v) is 6.00. The van der Waals surface area contributed by atoms with Crippen LogP contribution < -0.4 is 5.32 Å². The summed E-state index contributed by atoms with van der Waals surface area (Å²) in [6.07, 6.45) is 1.76. The van der Waals surface area contributed by atoms with Gasteiger partial charge in [-0.3, -0.25) is 4.68 Å². The molecule has 2 rings (SSSR count). The number of aromatic nitrogens is 2. The maximum absolute atomic E-state index is 5.92. The summed E-state index contributed by atoms with van der Waals surface area (Å²) in [4.78, 5) is 0. The standard InChI is InChI=1S/C11H11BrClN3/c1-16-11(4-5-15-16)14-7-8-2-3-10(13)9(12)6-8/h2-6,14H,7H2,1H3. The van der Waals surface area contributed by atoms with Gasteiger partial charge >= 0.3 is 0 Å². The summed E-state index contributed by atoms with van der Waals surface area (Å²) in [5, 5.41) is 8.10. The molecular formula is C11H11BrClN3. The molecule has 0 amide bonds. The summed E-state index contributed by atoms with van der Waals surface area (Å²) in [5.41, 5.74) is 1.16. The lowest BCUT2D eigenvalue weighted by molar-refractivity contribution is 0.769.